The molecule has 0 unspecified atom stereocenters. The largest absolute Gasteiger partial charge is 0.413 e. The van der Waals surface area contributed by atoms with Crippen LogP contribution in [0.1, 0.15) is 75.7 Å². The summed E-state index contributed by atoms with van der Waals surface area (Å²) in [6, 6.07) is 3.14. The van der Waals surface area contributed by atoms with E-state index >= 15 is 0 Å². The summed E-state index contributed by atoms with van der Waals surface area (Å²) < 4.78 is 19.2. The highest BCUT2D eigenvalue weighted by atomic mass is 28.4. The molecular formula is C24H48O5Si. The van der Waals surface area contributed by atoms with Crippen LogP contribution in [0.4, 0.5) is 0 Å². The molecule has 0 radical (unpaired) electrons. The Bertz CT molecular complexity index is 523. The SMILES string of the molecule is CC[Si](CC)(CC)O[C@H]([C@@H](C)[C@H]1OC(C)(C)OC[C@H]1C)[C@@H](C)[C@H](O)CC(=O)C(C)C. The molecule has 1 fully saturated rings. The Balaban J connectivity index is 3.19. The van der Waals surface area contributed by atoms with Gasteiger partial charge in [0.2, 0.25) is 0 Å². The van der Waals surface area contributed by atoms with Gasteiger partial charge in [0.25, 0.3) is 0 Å². The summed E-state index contributed by atoms with van der Waals surface area (Å²) in [6.45, 7) is 21.4. The van der Waals surface area contributed by atoms with Crippen molar-refractivity contribution in [3.8, 4) is 0 Å². The van der Waals surface area contributed by atoms with E-state index in [1.54, 1.807) is 0 Å². The van der Waals surface area contributed by atoms with Crippen molar-refractivity contribution in [2.75, 3.05) is 6.61 Å². The van der Waals surface area contributed by atoms with E-state index in [0.717, 1.165) is 18.1 Å². The number of ether oxygens (including phenoxy) is 2. The number of aliphatic hydroxyl groups is 1. The van der Waals surface area contributed by atoms with E-state index in [-0.39, 0.29) is 48.1 Å². The van der Waals surface area contributed by atoms with Crippen molar-refractivity contribution < 1.29 is 23.8 Å². The molecule has 5 nitrogen and oxygen atoms in total. The van der Waals surface area contributed by atoms with Gasteiger partial charge in [-0.15, -0.1) is 0 Å². The van der Waals surface area contributed by atoms with Crippen LogP contribution in [0.2, 0.25) is 18.1 Å². The Kier molecular flexibility index (Phi) is 10.7. The number of rotatable bonds is 12. The topological polar surface area (TPSA) is 65.0 Å². The van der Waals surface area contributed by atoms with E-state index in [1.165, 1.54) is 0 Å². The van der Waals surface area contributed by atoms with Crippen LogP contribution < -0.4 is 0 Å². The molecule has 0 aliphatic carbocycles. The summed E-state index contributed by atoms with van der Waals surface area (Å²) in [5.41, 5.74) is 0. The van der Waals surface area contributed by atoms with Gasteiger partial charge in [0.15, 0.2) is 14.1 Å². The Morgan fingerprint density at radius 1 is 1.13 bits per heavy atom. The summed E-state index contributed by atoms with van der Waals surface area (Å²) in [6.07, 6.45) is -0.716. The molecule has 1 aliphatic rings. The molecule has 178 valence electrons. The Labute approximate surface area is 186 Å². The van der Waals surface area contributed by atoms with Gasteiger partial charge in [-0.05, 0) is 32.0 Å². The summed E-state index contributed by atoms with van der Waals surface area (Å²) >= 11 is 0. The van der Waals surface area contributed by atoms with Crippen molar-refractivity contribution >= 4 is 14.1 Å². The summed E-state index contributed by atoms with van der Waals surface area (Å²) in [5.74, 6) is -0.428. The van der Waals surface area contributed by atoms with Crippen LogP contribution in [-0.2, 0) is 18.7 Å². The lowest BCUT2D eigenvalue weighted by Gasteiger charge is -2.47. The van der Waals surface area contributed by atoms with Crippen LogP contribution in [0.25, 0.3) is 0 Å². The molecule has 1 rings (SSSR count). The monoisotopic (exact) mass is 444 g/mol. The average molecular weight is 445 g/mol. The molecule has 0 aromatic carbocycles. The third-order valence-electron chi connectivity index (χ3n) is 7.21. The van der Waals surface area contributed by atoms with Gasteiger partial charge >= 0.3 is 0 Å². The lowest BCUT2D eigenvalue weighted by atomic mass is 9.80. The van der Waals surface area contributed by atoms with Gasteiger partial charge in [-0.1, -0.05) is 55.4 Å². The number of hydrogen-bond acceptors (Lipinski definition) is 5. The highest BCUT2D eigenvalue weighted by Crippen LogP contribution is 2.38. The van der Waals surface area contributed by atoms with E-state index in [2.05, 4.69) is 34.6 Å². The lowest BCUT2D eigenvalue weighted by molar-refractivity contribution is -0.304. The molecule has 6 heteroatoms. The van der Waals surface area contributed by atoms with Crippen LogP contribution in [-0.4, -0.2) is 49.9 Å². The second-order valence-electron chi connectivity index (χ2n) is 10.2. The normalized spacial score (nSPS) is 26.3. The highest BCUT2D eigenvalue weighted by molar-refractivity contribution is 6.73. The maximum absolute atomic E-state index is 12.3. The molecule has 1 saturated heterocycles. The zero-order valence-corrected chi connectivity index (χ0v) is 22.2. The smallest absolute Gasteiger partial charge is 0.192 e. The third kappa shape index (κ3) is 7.12. The number of aliphatic hydroxyl groups excluding tert-OH is 1. The summed E-state index contributed by atoms with van der Waals surface area (Å²) in [4.78, 5) is 12.3. The molecule has 0 aromatic rings. The van der Waals surface area contributed by atoms with Crippen LogP contribution >= 0.6 is 0 Å². The minimum absolute atomic E-state index is 0.0218. The van der Waals surface area contributed by atoms with E-state index in [9.17, 15) is 9.90 Å². The number of carbonyl (C=O) groups excluding carboxylic acids is 1. The number of hydrogen-bond donors (Lipinski definition) is 1. The van der Waals surface area contributed by atoms with E-state index in [0.29, 0.717) is 6.61 Å². The molecule has 0 amide bonds. The first-order valence-electron chi connectivity index (χ1n) is 12.0. The van der Waals surface area contributed by atoms with Gasteiger partial charge in [-0.2, -0.15) is 0 Å². The highest BCUT2D eigenvalue weighted by Gasteiger charge is 2.45. The first-order valence-corrected chi connectivity index (χ1v) is 14.6. The lowest BCUT2D eigenvalue weighted by Crippen LogP contribution is -2.54. The standard InChI is InChI=1S/C24H48O5Si/c1-11-30(12-2,13-3)29-23(18(7)21(26)14-20(25)16(4)5)19(8)22-17(6)15-27-24(9,10)28-22/h16-19,21-23,26H,11-15H2,1-10H3/t17-,18+,19+,21-,22+,23+/m1/s1. The van der Waals surface area contributed by atoms with Gasteiger partial charge in [-0.25, -0.2) is 0 Å². The van der Waals surface area contributed by atoms with Gasteiger partial charge in [-0.3, -0.25) is 4.79 Å². The third-order valence-corrected chi connectivity index (χ3v) is 11.8. The van der Waals surface area contributed by atoms with E-state index in [1.807, 2.05) is 34.6 Å². The van der Waals surface area contributed by atoms with Crippen molar-refractivity contribution in [1.29, 1.82) is 0 Å². The molecule has 0 aromatic heterocycles. The number of Topliss-reactive ketones (excluding diaryl/α,β-unsaturated/α-hetero) is 1. The van der Waals surface area contributed by atoms with Crippen molar-refractivity contribution in [1.82, 2.24) is 0 Å². The van der Waals surface area contributed by atoms with Crippen molar-refractivity contribution in [3.63, 3.8) is 0 Å². The molecule has 1 aliphatic heterocycles. The van der Waals surface area contributed by atoms with Crippen molar-refractivity contribution in [2.45, 2.75) is 118 Å². The van der Waals surface area contributed by atoms with Gasteiger partial charge in [0.05, 0.1) is 24.9 Å². The van der Waals surface area contributed by atoms with E-state index in [4.69, 9.17) is 13.9 Å². The number of carbonyl (C=O) groups is 1. The minimum atomic E-state index is -1.92. The zero-order chi connectivity index (χ0) is 23.3. The maximum Gasteiger partial charge on any atom is 0.192 e. The quantitative estimate of drug-likeness (QED) is 0.408. The molecule has 30 heavy (non-hydrogen) atoms. The van der Waals surface area contributed by atoms with Gasteiger partial charge in [0, 0.05) is 30.1 Å². The average Bonchev–Trinajstić information content (AvgIpc) is 2.70. The molecule has 0 saturated carbocycles. The first kappa shape index (κ1) is 27.8. The Morgan fingerprint density at radius 3 is 2.13 bits per heavy atom. The minimum Gasteiger partial charge on any atom is -0.413 e. The molecule has 0 spiro atoms. The number of ketones is 1. The summed E-state index contributed by atoms with van der Waals surface area (Å²) in [7, 11) is -1.92. The molecular weight excluding hydrogens is 396 g/mol. The predicted molar refractivity (Wildman–Crippen MR) is 125 cm³/mol. The van der Waals surface area contributed by atoms with E-state index < -0.39 is 20.2 Å². The van der Waals surface area contributed by atoms with Gasteiger partial charge in [0.1, 0.15) is 5.78 Å². The van der Waals surface area contributed by atoms with Crippen LogP contribution in [0.3, 0.4) is 0 Å². The summed E-state index contributed by atoms with van der Waals surface area (Å²) in [5, 5.41) is 11.0. The predicted octanol–water partition coefficient (Wildman–Crippen LogP) is 5.41. The molecule has 1 heterocycles. The molecule has 6 atom stereocenters. The Hall–Kier alpha value is -0.273. The molecule has 0 bridgehead atoms. The van der Waals surface area contributed by atoms with Crippen LogP contribution in [0.5, 0.6) is 0 Å². The zero-order valence-electron chi connectivity index (χ0n) is 21.2. The van der Waals surface area contributed by atoms with Crippen LogP contribution in [0.15, 0.2) is 0 Å². The fraction of sp³-hybridized carbons (Fsp3) is 0.958. The molecule has 1 N–H and O–H groups in total. The maximum atomic E-state index is 12.3. The van der Waals surface area contributed by atoms with Gasteiger partial charge < -0.3 is 19.0 Å². The Morgan fingerprint density at radius 2 is 1.67 bits per heavy atom. The fourth-order valence-electron chi connectivity index (χ4n) is 4.55. The van der Waals surface area contributed by atoms with Crippen LogP contribution in [0, 0.1) is 23.7 Å². The first-order chi connectivity index (χ1) is 13.8. The van der Waals surface area contributed by atoms with Crippen molar-refractivity contribution in [2.24, 2.45) is 23.7 Å². The second kappa shape index (κ2) is 11.6. The van der Waals surface area contributed by atoms with Crippen molar-refractivity contribution in [3.05, 3.63) is 0 Å². The second-order valence-corrected chi connectivity index (χ2v) is 14.9. The fourth-order valence-corrected chi connectivity index (χ4v) is 7.55.